The number of benzene rings is 1. The Labute approximate surface area is 106 Å². The smallest absolute Gasteiger partial charge is 0.319 e. The average Bonchev–Trinajstić information content (AvgIpc) is 2.68. The molecule has 1 fully saturated rings. The van der Waals surface area contributed by atoms with Crippen molar-refractivity contribution in [2.24, 2.45) is 0 Å². The number of hydrogen-bond acceptors (Lipinski definition) is 3. The third-order valence-corrected chi connectivity index (χ3v) is 2.59. The summed E-state index contributed by atoms with van der Waals surface area (Å²) < 4.78 is 11.0. The number of ether oxygens (including phenoxy) is 2. The molecule has 1 aliphatic heterocycles. The van der Waals surface area contributed by atoms with E-state index in [9.17, 15) is 4.79 Å². The molecule has 1 heterocycles. The fourth-order valence-corrected chi connectivity index (χ4v) is 1.77. The van der Waals surface area contributed by atoms with Crippen LogP contribution in [-0.2, 0) is 9.47 Å². The summed E-state index contributed by atoms with van der Waals surface area (Å²) in [5.41, 5.74) is 0.763. The van der Waals surface area contributed by atoms with Crippen molar-refractivity contribution >= 4 is 11.7 Å². The lowest BCUT2D eigenvalue weighted by molar-refractivity contribution is -0.137. The first-order valence-electron chi connectivity index (χ1n) is 5.97. The lowest BCUT2D eigenvalue weighted by Gasteiger charge is -2.17. The van der Waals surface area contributed by atoms with E-state index in [1.807, 2.05) is 44.2 Å². The lowest BCUT2D eigenvalue weighted by atomic mass is 10.3. The number of urea groups is 1. The molecule has 2 amide bonds. The van der Waals surface area contributed by atoms with Gasteiger partial charge in [0.25, 0.3) is 0 Å². The van der Waals surface area contributed by atoms with Gasteiger partial charge in [0.05, 0.1) is 6.61 Å². The molecule has 0 saturated carbocycles. The van der Waals surface area contributed by atoms with Gasteiger partial charge in [-0.1, -0.05) is 18.2 Å². The van der Waals surface area contributed by atoms with Gasteiger partial charge >= 0.3 is 6.03 Å². The Morgan fingerprint density at radius 3 is 2.72 bits per heavy atom. The minimum atomic E-state index is -0.553. The van der Waals surface area contributed by atoms with Crippen molar-refractivity contribution < 1.29 is 14.3 Å². The minimum Gasteiger partial charge on any atom is -0.348 e. The van der Waals surface area contributed by atoms with Gasteiger partial charge in [-0.15, -0.1) is 0 Å². The van der Waals surface area contributed by atoms with Crippen molar-refractivity contribution in [2.45, 2.75) is 25.7 Å². The fourth-order valence-electron chi connectivity index (χ4n) is 1.77. The average molecular weight is 250 g/mol. The topological polar surface area (TPSA) is 59.6 Å². The Morgan fingerprint density at radius 2 is 2.11 bits per heavy atom. The van der Waals surface area contributed by atoms with Crippen LogP contribution >= 0.6 is 0 Å². The van der Waals surface area contributed by atoms with Crippen molar-refractivity contribution in [3.63, 3.8) is 0 Å². The van der Waals surface area contributed by atoms with Crippen LogP contribution in [0, 0.1) is 0 Å². The molecule has 0 aliphatic carbocycles. The molecular formula is C13H18N2O3. The van der Waals surface area contributed by atoms with Crippen LogP contribution in [0.4, 0.5) is 10.5 Å². The van der Waals surface area contributed by atoms with Gasteiger partial charge in [0, 0.05) is 12.2 Å². The van der Waals surface area contributed by atoms with E-state index in [0.717, 1.165) is 5.69 Å². The van der Waals surface area contributed by atoms with Gasteiger partial charge < -0.3 is 20.1 Å². The molecule has 5 heteroatoms. The zero-order valence-corrected chi connectivity index (χ0v) is 10.6. The van der Waals surface area contributed by atoms with Gasteiger partial charge in [-0.25, -0.2) is 4.79 Å². The largest absolute Gasteiger partial charge is 0.348 e. The first kappa shape index (κ1) is 12.9. The monoisotopic (exact) mass is 250 g/mol. The van der Waals surface area contributed by atoms with E-state index in [0.29, 0.717) is 13.2 Å². The Bertz CT molecular complexity index is 406. The molecule has 1 aromatic rings. The van der Waals surface area contributed by atoms with E-state index in [2.05, 4.69) is 10.6 Å². The van der Waals surface area contributed by atoms with Crippen molar-refractivity contribution in [1.29, 1.82) is 0 Å². The van der Waals surface area contributed by atoms with Crippen LogP contribution in [0.15, 0.2) is 30.3 Å². The summed E-state index contributed by atoms with van der Waals surface area (Å²) in [7, 11) is 0. The van der Waals surface area contributed by atoms with Crippen LogP contribution in [0.3, 0.4) is 0 Å². The predicted octanol–water partition coefficient (Wildman–Crippen LogP) is 1.96. The zero-order valence-electron chi connectivity index (χ0n) is 10.6. The first-order valence-corrected chi connectivity index (χ1v) is 5.97. The Hall–Kier alpha value is -1.59. The number of nitrogens with one attached hydrogen (secondary N) is 2. The predicted molar refractivity (Wildman–Crippen MR) is 68.4 cm³/mol. The van der Waals surface area contributed by atoms with E-state index in [-0.39, 0.29) is 12.1 Å². The molecule has 18 heavy (non-hydrogen) atoms. The van der Waals surface area contributed by atoms with Gasteiger partial charge in [-0.3, -0.25) is 0 Å². The maximum atomic E-state index is 11.6. The van der Waals surface area contributed by atoms with Crippen LogP contribution in [0.5, 0.6) is 0 Å². The van der Waals surface area contributed by atoms with Crippen LogP contribution in [0.2, 0.25) is 0 Å². The molecule has 5 nitrogen and oxygen atoms in total. The molecule has 98 valence electrons. The summed E-state index contributed by atoms with van der Waals surface area (Å²) >= 11 is 0. The lowest BCUT2D eigenvalue weighted by Crippen LogP contribution is -2.37. The second-order valence-corrected chi connectivity index (χ2v) is 4.65. The molecule has 1 aliphatic rings. The van der Waals surface area contributed by atoms with Gasteiger partial charge in [0.15, 0.2) is 5.79 Å². The van der Waals surface area contributed by atoms with Gasteiger partial charge in [-0.2, -0.15) is 0 Å². The number of carbonyl (C=O) groups is 1. The summed E-state index contributed by atoms with van der Waals surface area (Å²) in [6.45, 7) is 4.65. The molecule has 1 unspecified atom stereocenters. The number of carbonyl (C=O) groups excluding carboxylic acids is 1. The molecule has 1 saturated heterocycles. The highest BCUT2D eigenvalue weighted by atomic mass is 16.7. The van der Waals surface area contributed by atoms with E-state index >= 15 is 0 Å². The van der Waals surface area contributed by atoms with Gasteiger partial charge in [0.1, 0.15) is 6.10 Å². The molecular weight excluding hydrogens is 232 g/mol. The summed E-state index contributed by atoms with van der Waals surface area (Å²) in [5.74, 6) is -0.553. The Balaban J connectivity index is 1.73. The second-order valence-electron chi connectivity index (χ2n) is 4.65. The van der Waals surface area contributed by atoms with E-state index in [1.165, 1.54) is 0 Å². The van der Waals surface area contributed by atoms with Crippen LogP contribution in [0.1, 0.15) is 13.8 Å². The third-order valence-electron chi connectivity index (χ3n) is 2.59. The van der Waals surface area contributed by atoms with Crippen molar-refractivity contribution in [2.75, 3.05) is 18.5 Å². The zero-order chi connectivity index (χ0) is 13.0. The number of hydrogen-bond donors (Lipinski definition) is 2. The van der Waals surface area contributed by atoms with Crippen LogP contribution in [0.25, 0.3) is 0 Å². The molecule has 2 N–H and O–H groups in total. The first-order chi connectivity index (χ1) is 8.55. The molecule has 0 bridgehead atoms. The molecule has 2 rings (SSSR count). The number of anilines is 1. The maximum Gasteiger partial charge on any atom is 0.319 e. The van der Waals surface area contributed by atoms with E-state index in [4.69, 9.17) is 9.47 Å². The molecule has 1 aromatic carbocycles. The van der Waals surface area contributed by atoms with Crippen molar-refractivity contribution in [3.8, 4) is 0 Å². The number of amides is 2. The SMILES string of the molecule is CC1(C)OCC(CNC(=O)Nc2ccccc2)O1. The number of rotatable bonds is 3. The molecule has 0 aromatic heterocycles. The Morgan fingerprint density at radius 1 is 1.39 bits per heavy atom. The molecule has 0 spiro atoms. The minimum absolute atomic E-state index is 0.0958. The summed E-state index contributed by atoms with van der Waals surface area (Å²) in [6.07, 6.45) is -0.0958. The van der Waals surface area contributed by atoms with E-state index in [1.54, 1.807) is 0 Å². The van der Waals surface area contributed by atoms with Crippen molar-refractivity contribution in [1.82, 2.24) is 5.32 Å². The standard InChI is InChI=1S/C13H18N2O3/c1-13(2)17-9-11(18-13)8-14-12(16)15-10-6-4-3-5-7-10/h3-7,11H,8-9H2,1-2H3,(H2,14,15,16). The maximum absolute atomic E-state index is 11.6. The summed E-state index contributed by atoms with van der Waals surface area (Å²) in [6, 6.07) is 9.05. The molecule has 0 radical (unpaired) electrons. The fraction of sp³-hybridized carbons (Fsp3) is 0.462. The van der Waals surface area contributed by atoms with Crippen LogP contribution in [-0.4, -0.2) is 31.1 Å². The normalized spacial score (nSPS) is 21.6. The second kappa shape index (κ2) is 5.37. The summed E-state index contributed by atoms with van der Waals surface area (Å²) in [5, 5.41) is 5.50. The third kappa shape index (κ3) is 3.72. The highest BCUT2D eigenvalue weighted by Crippen LogP contribution is 2.21. The highest BCUT2D eigenvalue weighted by Gasteiger charge is 2.32. The summed E-state index contributed by atoms with van der Waals surface area (Å²) in [4.78, 5) is 11.6. The quantitative estimate of drug-likeness (QED) is 0.862. The van der Waals surface area contributed by atoms with Gasteiger partial charge in [-0.05, 0) is 26.0 Å². The molecule has 1 atom stereocenters. The van der Waals surface area contributed by atoms with E-state index < -0.39 is 5.79 Å². The van der Waals surface area contributed by atoms with Gasteiger partial charge in [0.2, 0.25) is 0 Å². The van der Waals surface area contributed by atoms with Crippen LogP contribution < -0.4 is 10.6 Å². The Kier molecular flexibility index (Phi) is 3.84. The highest BCUT2D eigenvalue weighted by molar-refractivity contribution is 5.89. The van der Waals surface area contributed by atoms with Crippen molar-refractivity contribution in [3.05, 3.63) is 30.3 Å². The number of para-hydroxylation sites is 1.